The van der Waals surface area contributed by atoms with Gasteiger partial charge in [-0.1, -0.05) is 17.3 Å². The lowest BCUT2D eigenvalue weighted by Gasteiger charge is -2.05. The number of aromatic amines is 1. The second-order valence-electron chi connectivity index (χ2n) is 7.37. The maximum atomic E-state index is 14.1. The molecule has 0 aliphatic rings. The highest BCUT2D eigenvalue weighted by atomic mass is 19.1. The monoisotopic (exact) mass is 419 g/mol. The van der Waals surface area contributed by atoms with Gasteiger partial charge in [0, 0.05) is 29.8 Å². The number of hydrogen-bond donors (Lipinski definition) is 3. The predicted octanol–water partition coefficient (Wildman–Crippen LogP) is 4.66. The Morgan fingerprint density at radius 1 is 1.26 bits per heavy atom. The van der Waals surface area contributed by atoms with Crippen LogP contribution in [-0.4, -0.2) is 27.7 Å². The summed E-state index contributed by atoms with van der Waals surface area (Å²) in [6.07, 6.45) is 5.18. The van der Waals surface area contributed by atoms with E-state index in [2.05, 4.69) is 15.5 Å². The molecule has 3 N–H and O–H groups in total. The van der Waals surface area contributed by atoms with Crippen LogP contribution in [0.4, 0.5) is 4.39 Å². The van der Waals surface area contributed by atoms with E-state index in [0.29, 0.717) is 29.8 Å². The number of aromatic nitrogens is 2. The van der Waals surface area contributed by atoms with Gasteiger partial charge in [0.25, 0.3) is 0 Å². The Morgan fingerprint density at radius 2 is 2.10 bits per heavy atom. The molecular formula is C24H22FN3O3. The summed E-state index contributed by atoms with van der Waals surface area (Å²) in [4.78, 5) is 15.4. The lowest BCUT2D eigenvalue weighted by atomic mass is 10.0. The molecular weight excluding hydrogens is 397 g/mol. The molecule has 1 amide bonds. The highest BCUT2D eigenvalue weighted by Gasteiger charge is 2.14. The van der Waals surface area contributed by atoms with Crippen LogP contribution < -0.4 is 5.32 Å². The molecule has 4 aromatic rings. The molecule has 158 valence electrons. The van der Waals surface area contributed by atoms with E-state index in [0.717, 1.165) is 27.8 Å². The number of nitrogens with zero attached hydrogens (tertiary/aromatic N) is 1. The van der Waals surface area contributed by atoms with E-state index in [1.807, 2.05) is 13.8 Å². The van der Waals surface area contributed by atoms with E-state index in [1.165, 1.54) is 24.4 Å². The number of aromatic hydroxyl groups is 1. The van der Waals surface area contributed by atoms with E-state index in [-0.39, 0.29) is 17.5 Å². The van der Waals surface area contributed by atoms with Gasteiger partial charge in [-0.25, -0.2) is 4.39 Å². The molecule has 0 aliphatic heterocycles. The highest BCUT2D eigenvalue weighted by Crippen LogP contribution is 2.30. The zero-order valence-corrected chi connectivity index (χ0v) is 17.2. The van der Waals surface area contributed by atoms with Gasteiger partial charge in [-0.05, 0) is 61.2 Å². The van der Waals surface area contributed by atoms with E-state index in [4.69, 9.17) is 4.52 Å². The fourth-order valence-corrected chi connectivity index (χ4v) is 3.71. The summed E-state index contributed by atoms with van der Waals surface area (Å²) < 4.78 is 19.2. The second-order valence-corrected chi connectivity index (χ2v) is 7.37. The van der Waals surface area contributed by atoms with Crippen LogP contribution in [0, 0.1) is 19.7 Å². The third-order valence-corrected chi connectivity index (χ3v) is 5.26. The van der Waals surface area contributed by atoms with Crippen molar-refractivity contribution in [1.29, 1.82) is 0 Å². The van der Waals surface area contributed by atoms with Crippen LogP contribution in [-0.2, 0) is 11.2 Å². The minimum absolute atomic E-state index is 0.0687. The summed E-state index contributed by atoms with van der Waals surface area (Å²) >= 11 is 0. The number of halogens is 1. The molecule has 0 bridgehead atoms. The highest BCUT2D eigenvalue weighted by molar-refractivity contribution is 5.92. The van der Waals surface area contributed by atoms with Crippen molar-refractivity contribution in [2.75, 3.05) is 6.54 Å². The first-order chi connectivity index (χ1) is 14.9. The first-order valence-corrected chi connectivity index (χ1v) is 9.90. The van der Waals surface area contributed by atoms with Crippen molar-refractivity contribution >= 4 is 22.9 Å². The van der Waals surface area contributed by atoms with Crippen molar-refractivity contribution in [2.45, 2.75) is 20.3 Å². The molecule has 7 heteroatoms. The van der Waals surface area contributed by atoms with Crippen LogP contribution in [0.3, 0.4) is 0 Å². The number of amides is 1. The van der Waals surface area contributed by atoms with Gasteiger partial charge in [0.2, 0.25) is 5.91 Å². The number of rotatable bonds is 6. The third kappa shape index (κ3) is 4.21. The standard InChI is InChI=1S/C24H22FN3O3/c1-14-3-6-19(25)24-23(14)17(15(2)28-24)9-11-26-22(30)8-5-16-4-7-20(29)18(13-16)21-10-12-27-31-21/h3-8,10,12-13,28-29H,9,11H2,1-2H3,(H,26,30). The molecule has 0 fully saturated rings. The molecule has 0 radical (unpaired) electrons. The molecule has 0 unspecified atom stereocenters. The number of aryl methyl sites for hydroxylation is 2. The average molecular weight is 419 g/mol. The zero-order chi connectivity index (χ0) is 22.0. The molecule has 2 heterocycles. The van der Waals surface area contributed by atoms with Gasteiger partial charge in [0.05, 0.1) is 17.3 Å². The van der Waals surface area contributed by atoms with Gasteiger partial charge in [0.1, 0.15) is 11.6 Å². The predicted molar refractivity (Wildman–Crippen MR) is 117 cm³/mol. The van der Waals surface area contributed by atoms with Gasteiger partial charge in [-0.15, -0.1) is 0 Å². The Bertz CT molecular complexity index is 1270. The first-order valence-electron chi connectivity index (χ1n) is 9.90. The molecule has 4 rings (SSSR count). The summed E-state index contributed by atoms with van der Waals surface area (Å²) in [6.45, 7) is 4.28. The maximum absolute atomic E-state index is 14.1. The Kier molecular flexibility index (Phi) is 5.58. The molecule has 2 aromatic carbocycles. The number of carbonyl (C=O) groups is 1. The van der Waals surface area contributed by atoms with Crippen molar-refractivity contribution in [3.63, 3.8) is 0 Å². The minimum atomic E-state index is -0.277. The molecule has 0 spiro atoms. The number of phenolic OH excluding ortho intramolecular Hbond substituents is 1. The lowest BCUT2D eigenvalue weighted by Crippen LogP contribution is -2.23. The summed E-state index contributed by atoms with van der Waals surface area (Å²) in [6, 6.07) is 9.83. The molecule has 2 aromatic heterocycles. The number of hydrogen-bond acceptors (Lipinski definition) is 4. The number of benzene rings is 2. The van der Waals surface area contributed by atoms with Crippen LogP contribution in [0.15, 0.2) is 53.2 Å². The van der Waals surface area contributed by atoms with E-state index in [9.17, 15) is 14.3 Å². The van der Waals surface area contributed by atoms with Gasteiger partial charge in [0.15, 0.2) is 5.76 Å². The number of fused-ring (bicyclic) bond motifs is 1. The lowest BCUT2D eigenvalue weighted by molar-refractivity contribution is -0.116. The summed E-state index contributed by atoms with van der Waals surface area (Å²) in [5.41, 5.74) is 4.64. The first kappa shape index (κ1) is 20.4. The topological polar surface area (TPSA) is 91.2 Å². The second kappa shape index (κ2) is 8.47. The van der Waals surface area contributed by atoms with Crippen LogP contribution in [0.5, 0.6) is 5.75 Å². The van der Waals surface area contributed by atoms with Gasteiger partial charge >= 0.3 is 0 Å². The fourth-order valence-electron chi connectivity index (χ4n) is 3.71. The largest absolute Gasteiger partial charge is 0.507 e. The van der Waals surface area contributed by atoms with E-state index < -0.39 is 0 Å². The third-order valence-electron chi connectivity index (χ3n) is 5.26. The van der Waals surface area contributed by atoms with Gasteiger partial charge in [-0.3, -0.25) is 4.79 Å². The smallest absolute Gasteiger partial charge is 0.244 e. The normalized spacial score (nSPS) is 11.5. The number of H-pyrrole nitrogens is 1. The Hall–Kier alpha value is -3.87. The molecule has 0 saturated carbocycles. The van der Waals surface area contributed by atoms with Crippen molar-refractivity contribution in [1.82, 2.24) is 15.5 Å². The fraction of sp³-hybridized carbons (Fsp3) is 0.167. The quantitative estimate of drug-likeness (QED) is 0.397. The molecule has 0 saturated heterocycles. The van der Waals surface area contributed by atoms with Crippen LogP contribution in [0.25, 0.3) is 28.3 Å². The van der Waals surface area contributed by atoms with E-state index in [1.54, 1.807) is 30.3 Å². The molecule has 6 nitrogen and oxygen atoms in total. The Labute approximate surface area is 178 Å². The van der Waals surface area contributed by atoms with Crippen molar-refractivity contribution in [2.24, 2.45) is 0 Å². The van der Waals surface area contributed by atoms with Crippen LogP contribution >= 0.6 is 0 Å². The Balaban J connectivity index is 1.41. The Morgan fingerprint density at radius 3 is 2.87 bits per heavy atom. The minimum Gasteiger partial charge on any atom is -0.507 e. The maximum Gasteiger partial charge on any atom is 0.244 e. The van der Waals surface area contributed by atoms with Gasteiger partial charge < -0.3 is 19.9 Å². The van der Waals surface area contributed by atoms with Crippen molar-refractivity contribution in [3.05, 3.63) is 76.9 Å². The SMILES string of the molecule is Cc1[nH]c2c(F)ccc(C)c2c1CCNC(=O)C=Cc1ccc(O)c(-c2ccno2)c1. The number of carbonyl (C=O) groups excluding carboxylic acids is 1. The average Bonchev–Trinajstić information content (AvgIpc) is 3.39. The zero-order valence-electron chi connectivity index (χ0n) is 17.2. The molecule has 0 atom stereocenters. The molecule has 31 heavy (non-hydrogen) atoms. The van der Waals surface area contributed by atoms with Crippen molar-refractivity contribution < 1.29 is 18.8 Å². The molecule has 0 aliphatic carbocycles. The van der Waals surface area contributed by atoms with E-state index >= 15 is 0 Å². The number of nitrogens with one attached hydrogen (secondary N) is 2. The van der Waals surface area contributed by atoms with Gasteiger partial charge in [-0.2, -0.15) is 0 Å². The van der Waals surface area contributed by atoms with Crippen LogP contribution in [0.2, 0.25) is 0 Å². The summed E-state index contributed by atoms with van der Waals surface area (Å²) in [7, 11) is 0. The summed E-state index contributed by atoms with van der Waals surface area (Å²) in [5, 5.41) is 17.4. The van der Waals surface area contributed by atoms with Crippen molar-refractivity contribution in [3.8, 4) is 17.1 Å². The van der Waals surface area contributed by atoms with Crippen LogP contribution in [0.1, 0.15) is 22.4 Å². The number of phenols is 1. The summed E-state index contributed by atoms with van der Waals surface area (Å²) in [5.74, 6) is -0.00702.